The zero-order valence-electron chi connectivity index (χ0n) is 19.0. The molecule has 0 spiro atoms. The van der Waals surface area contributed by atoms with Crippen molar-refractivity contribution in [3.05, 3.63) is 118 Å². The lowest BCUT2D eigenvalue weighted by molar-refractivity contribution is -0.384. The Morgan fingerprint density at radius 2 is 1.74 bits per heavy atom. The van der Waals surface area contributed by atoms with Crippen molar-refractivity contribution in [3.8, 4) is 5.69 Å². The first-order valence-corrected chi connectivity index (χ1v) is 11.9. The molecule has 3 aromatic carbocycles. The van der Waals surface area contributed by atoms with Crippen LogP contribution in [0, 0.1) is 17.0 Å². The first-order valence-electron chi connectivity index (χ1n) is 10.9. The minimum atomic E-state index is -0.440. The summed E-state index contributed by atoms with van der Waals surface area (Å²) in [6.07, 6.45) is 3.20. The predicted octanol–water partition coefficient (Wildman–Crippen LogP) is 5.11. The third-order valence-corrected chi connectivity index (χ3v) is 6.26. The second-order valence-corrected chi connectivity index (χ2v) is 8.63. The molecule has 8 nitrogen and oxygen atoms in total. The van der Waals surface area contributed by atoms with Gasteiger partial charge in [0.05, 0.1) is 11.5 Å². The van der Waals surface area contributed by atoms with Crippen LogP contribution in [0.1, 0.15) is 22.5 Å². The van der Waals surface area contributed by atoms with Crippen molar-refractivity contribution in [3.63, 3.8) is 0 Å². The maximum Gasteiger partial charge on any atom is 0.269 e. The molecule has 1 heterocycles. The Bertz CT molecular complexity index is 1350. The number of nitrogens with zero attached hydrogens (tertiary/aromatic N) is 4. The summed E-state index contributed by atoms with van der Waals surface area (Å²) in [5, 5.41) is 23.2. The molecule has 4 rings (SSSR count). The maximum atomic E-state index is 12.4. The highest BCUT2D eigenvalue weighted by atomic mass is 32.2. The second kappa shape index (κ2) is 11.3. The standard InChI is InChI=1S/C26H23N5O3S/c1-19-7-5-6-10-21(19)18-35-26-29-28-24(30(26)22-12-14-23(15-13-22)31(33)34)17-27-25(32)16-11-20-8-3-2-4-9-20/h2-16H,17-18H2,1H3,(H,27,32). The summed E-state index contributed by atoms with van der Waals surface area (Å²) in [5.74, 6) is 0.943. The highest BCUT2D eigenvalue weighted by molar-refractivity contribution is 7.98. The number of aryl methyl sites for hydroxylation is 1. The molecule has 1 N–H and O–H groups in total. The van der Waals surface area contributed by atoms with Crippen molar-refractivity contribution >= 4 is 29.4 Å². The van der Waals surface area contributed by atoms with Gasteiger partial charge in [-0.1, -0.05) is 66.4 Å². The monoisotopic (exact) mass is 485 g/mol. The van der Waals surface area contributed by atoms with Crippen molar-refractivity contribution in [2.75, 3.05) is 0 Å². The van der Waals surface area contributed by atoms with Gasteiger partial charge in [0.1, 0.15) is 0 Å². The van der Waals surface area contributed by atoms with Crippen LogP contribution in [0.4, 0.5) is 5.69 Å². The fraction of sp³-hybridized carbons (Fsp3) is 0.115. The molecule has 0 aliphatic heterocycles. The number of hydrogen-bond acceptors (Lipinski definition) is 6. The van der Waals surface area contributed by atoms with Crippen LogP contribution in [0.3, 0.4) is 0 Å². The quantitative estimate of drug-likeness (QED) is 0.153. The molecule has 9 heteroatoms. The molecule has 0 radical (unpaired) electrons. The van der Waals surface area contributed by atoms with Gasteiger partial charge in [0.15, 0.2) is 11.0 Å². The summed E-state index contributed by atoms with van der Waals surface area (Å²) in [5.41, 5.74) is 3.95. The Morgan fingerprint density at radius 3 is 2.46 bits per heavy atom. The third-order valence-electron chi connectivity index (χ3n) is 5.28. The van der Waals surface area contributed by atoms with E-state index < -0.39 is 4.92 Å². The van der Waals surface area contributed by atoms with Gasteiger partial charge in [-0.3, -0.25) is 19.5 Å². The van der Waals surface area contributed by atoms with Crippen molar-refractivity contribution in [2.24, 2.45) is 0 Å². The lowest BCUT2D eigenvalue weighted by Gasteiger charge is -2.11. The Morgan fingerprint density at radius 1 is 1.03 bits per heavy atom. The molecular formula is C26H23N5O3S. The molecule has 0 aliphatic carbocycles. The van der Waals surface area contributed by atoms with Gasteiger partial charge in [0.25, 0.3) is 5.69 Å². The highest BCUT2D eigenvalue weighted by Gasteiger charge is 2.16. The van der Waals surface area contributed by atoms with Crippen LogP contribution in [0.15, 0.2) is 90.1 Å². The normalized spacial score (nSPS) is 11.0. The van der Waals surface area contributed by atoms with Crippen molar-refractivity contribution in [2.45, 2.75) is 24.4 Å². The summed E-state index contributed by atoms with van der Waals surface area (Å²) in [6, 6.07) is 23.8. The largest absolute Gasteiger partial charge is 0.345 e. The molecule has 1 amide bonds. The molecule has 0 saturated carbocycles. The number of carbonyl (C=O) groups is 1. The molecule has 1 aromatic heterocycles. The van der Waals surface area contributed by atoms with E-state index in [0.717, 1.165) is 5.56 Å². The number of rotatable bonds is 9. The Balaban J connectivity index is 1.55. The molecule has 0 atom stereocenters. The zero-order valence-corrected chi connectivity index (χ0v) is 19.8. The molecule has 176 valence electrons. The summed E-state index contributed by atoms with van der Waals surface area (Å²) in [6.45, 7) is 2.20. The summed E-state index contributed by atoms with van der Waals surface area (Å²) >= 11 is 1.51. The van der Waals surface area contributed by atoms with E-state index in [2.05, 4.69) is 34.6 Å². The average Bonchev–Trinajstić information content (AvgIpc) is 3.29. The maximum absolute atomic E-state index is 12.4. The summed E-state index contributed by atoms with van der Waals surface area (Å²) in [7, 11) is 0. The predicted molar refractivity (Wildman–Crippen MR) is 136 cm³/mol. The number of carbonyl (C=O) groups excluding carboxylic acids is 1. The number of non-ortho nitro benzene ring substituents is 1. The van der Waals surface area contributed by atoms with Crippen LogP contribution < -0.4 is 5.32 Å². The number of nitrogens with one attached hydrogen (secondary N) is 1. The first-order chi connectivity index (χ1) is 17.0. The van der Waals surface area contributed by atoms with E-state index in [-0.39, 0.29) is 18.1 Å². The molecule has 4 aromatic rings. The lowest BCUT2D eigenvalue weighted by atomic mass is 10.1. The van der Waals surface area contributed by atoms with Gasteiger partial charge >= 0.3 is 0 Å². The van der Waals surface area contributed by atoms with Crippen LogP contribution in [0.2, 0.25) is 0 Å². The average molecular weight is 486 g/mol. The van der Waals surface area contributed by atoms with E-state index in [4.69, 9.17) is 0 Å². The molecule has 0 fully saturated rings. The smallest absolute Gasteiger partial charge is 0.269 e. The summed E-state index contributed by atoms with van der Waals surface area (Å²) in [4.78, 5) is 23.0. The number of nitro groups is 1. The van der Waals surface area contributed by atoms with Crippen molar-refractivity contribution in [1.29, 1.82) is 0 Å². The van der Waals surface area contributed by atoms with E-state index in [9.17, 15) is 14.9 Å². The van der Waals surface area contributed by atoms with Crippen LogP contribution in [0.25, 0.3) is 11.8 Å². The van der Waals surface area contributed by atoms with E-state index in [1.54, 1.807) is 18.2 Å². The number of benzene rings is 3. The van der Waals surface area contributed by atoms with Gasteiger partial charge < -0.3 is 5.32 Å². The fourth-order valence-corrected chi connectivity index (χ4v) is 4.41. The molecule has 0 aliphatic rings. The van der Waals surface area contributed by atoms with Gasteiger partial charge in [0, 0.05) is 29.6 Å². The van der Waals surface area contributed by atoms with Gasteiger partial charge in [-0.15, -0.1) is 10.2 Å². The van der Waals surface area contributed by atoms with Gasteiger partial charge in [-0.05, 0) is 41.8 Å². The van der Waals surface area contributed by atoms with E-state index in [1.165, 1.54) is 41.1 Å². The number of thioether (sulfide) groups is 1. The minimum Gasteiger partial charge on any atom is -0.345 e. The van der Waals surface area contributed by atoms with Gasteiger partial charge in [0.2, 0.25) is 5.91 Å². The van der Waals surface area contributed by atoms with Crippen molar-refractivity contribution in [1.82, 2.24) is 20.1 Å². The SMILES string of the molecule is Cc1ccccc1CSc1nnc(CNC(=O)C=Cc2ccccc2)n1-c1ccc([N+](=O)[O-])cc1. The Hall–Kier alpha value is -4.24. The van der Waals surface area contributed by atoms with E-state index in [0.29, 0.717) is 22.4 Å². The van der Waals surface area contributed by atoms with Crippen LogP contribution in [0.5, 0.6) is 0 Å². The Labute approximate surface area is 206 Å². The number of amides is 1. The molecule has 0 saturated heterocycles. The van der Waals surface area contributed by atoms with Crippen LogP contribution in [-0.2, 0) is 17.1 Å². The van der Waals surface area contributed by atoms with Crippen molar-refractivity contribution < 1.29 is 9.72 Å². The van der Waals surface area contributed by atoms with E-state index in [1.807, 2.05) is 47.0 Å². The number of aromatic nitrogens is 3. The van der Waals surface area contributed by atoms with Gasteiger partial charge in [-0.2, -0.15) is 0 Å². The topological polar surface area (TPSA) is 103 Å². The lowest BCUT2D eigenvalue weighted by Crippen LogP contribution is -2.22. The molecule has 35 heavy (non-hydrogen) atoms. The van der Waals surface area contributed by atoms with Gasteiger partial charge in [-0.25, -0.2) is 0 Å². The minimum absolute atomic E-state index is 0.00293. The number of hydrogen-bond donors (Lipinski definition) is 1. The molecule has 0 unspecified atom stereocenters. The third kappa shape index (κ3) is 6.21. The highest BCUT2D eigenvalue weighted by Crippen LogP contribution is 2.27. The molecular weight excluding hydrogens is 462 g/mol. The number of nitro benzene ring substituents is 1. The molecule has 0 bridgehead atoms. The van der Waals surface area contributed by atoms with Crippen LogP contribution in [-0.4, -0.2) is 25.6 Å². The zero-order chi connectivity index (χ0) is 24.6. The van der Waals surface area contributed by atoms with Crippen LogP contribution >= 0.6 is 11.8 Å². The fourth-order valence-electron chi connectivity index (χ4n) is 3.37. The summed E-state index contributed by atoms with van der Waals surface area (Å²) < 4.78 is 1.81. The second-order valence-electron chi connectivity index (χ2n) is 7.68. The Kier molecular flexibility index (Phi) is 7.69. The first kappa shape index (κ1) is 23.9. The van der Waals surface area contributed by atoms with E-state index >= 15 is 0 Å².